The minimum absolute atomic E-state index is 0.195. The second kappa shape index (κ2) is 5.21. The molecule has 1 aromatic carbocycles. The highest BCUT2D eigenvalue weighted by Crippen LogP contribution is 2.29. The molecule has 3 rings (SSSR count). The van der Waals surface area contributed by atoms with E-state index in [1.165, 1.54) is 12.8 Å². The molecule has 1 aliphatic carbocycles. The molecule has 1 saturated carbocycles. The number of nitrogens with zero attached hydrogens (tertiary/aromatic N) is 1. The molecule has 0 aromatic heterocycles. The van der Waals surface area contributed by atoms with E-state index < -0.39 is 5.54 Å². The van der Waals surface area contributed by atoms with Gasteiger partial charge in [-0.25, -0.2) is 0 Å². The molecular weight excluding hydrogens is 250 g/mol. The van der Waals surface area contributed by atoms with Gasteiger partial charge in [-0.05, 0) is 64.8 Å². The summed E-state index contributed by atoms with van der Waals surface area (Å²) in [5.41, 5.74) is 0.342. The Labute approximate surface area is 120 Å². The number of ketones is 1. The van der Waals surface area contributed by atoms with E-state index in [4.69, 9.17) is 4.74 Å². The quantitative estimate of drug-likeness (QED) is 0.771. The first-order valence-electron chi connectivity index (χ1n) is 7.64. The van der Waals surface area contributed by atoms with Crippen molar-refractivity contribution in [3.05, 3.63) is 29.8 Å². The number of hydrogen-bond acceptors (Lipinski definition) is 3. The highest BCUT2D eigenvalue weighted by molar-refractivity contribution is 6.03. The molecule has 0 radical (unpaired) electrons. The molecule has 2 fully saturated rings. The van der Waals surface area contributed by atoms with E-state index >= 15 is 0 Å². The highest BCUT2D eigenvalue weighted by Gasteiger charge is 2.36. The zero-order valence-corrected chi connectivity index (χ0v) is 12.4. The second-order valence-electron chi connectivity index (χ2n) is 6.43. The molecule has 0 amide bonds. The molecule has 3 nitrogen and oxygen atoms in total. The minimum atomic E-state index is -0.422. The summed E-state index contributed by atoms with van der Waals surface area (Å²) in [4.78, 5) is 15.1. The van der Waals surface area contributed by atoms with Crippen LogP contribution < -0.4 is 4.74 Å². The van der Waals surface area contributed by atoms with Gasteiger partial charge in [0.25, 0.3) is 0 Å². The van der Waals surface area contributed by atoms with Crippen LogP contribution in [0.5, 0.6) is 5.75 Å². The van der Waals surface area contributed by atoms with Crippen LogP contribution in [-0.4, -0.2) is 35.4 Å². The molecule has 1 saturated heterocycles. The summed E-state index contributed by atoms with van der Waals surface area (Å²) < 4.78 is 5.79. The molecule has 1 aliphatic heterocycles. The van der Waals surface area contributed by atoms with Crippen molar-refractivity contribution in [2.45, 2.75) is 51.2 Å². The number of rotatable bonds is 5. The van der Waals surface area contributed by atoms with Crippen molar-refractivity contribution in [1.29, 1.82) is 0 Å². The lowest BCUT2D eigenvalue weighted by molar-refractivity contribution is 0.0702. The average Bonchev–Trinajstić information content (AvgIpc) is 3.07. The van der Waals surface area contributed by atoms with E-state index in [0.717, 1.165) is 37.2 Å². The summed E-state index contributed by atoms with van der Waals surface area (Å²) in [6, 6.07) is 7.67. The smallest absolute Gasteiger partial charge is 0.182 e. The Morgan fingerprint density at radius 2 is 1.95 bits per heavy atom. The first-order chi connectivity index (χ1) is 9.57. The van der Waals surface area contributed by atoms with E-state index in [-0.39, 0.29) is 5.78 Å². The number of benzene rings is 1. The summed E-state index contributed by atoms with van der Waals surface area (Å²) in [6.45, 7) is 6.12. The van der Waals surface area contributed by atoms with Crippen molar-refractivity contribution >= 4 is 5.78 Å². The van der Waals surface area contributed by atoms with E-state index in [9.17, 15) is 4.79 Å². The number of Topliss-reactive ketones (excluding diaryl/α,β-unsaturated/α-hetero) is 1. The molecule has 0 bridgehead atoms. The van der Waals surface area contributed by atoms with Crippen LogP contribution in [-0.2, 0) is 0 Å². The SMILES string of the molecule is CC(C)(C(=O)c1cccc(OC2CC2)c1)N1CCCC1. The van der Waals surface area contributed by atoms with Gasteiger partial charge in [0.2, 0.25) is 0 Å². The van der Waals surface area contributed by atoms with Crippen molar-refractivity contribution in [3.63, 3.8) is 0 Å². The lowest BCUT2D eigenvalue weighted by Crippen LogP contribution is -2.48. The molecule has 0 N–H and O–H groups in total. The zero-order chi connectivity index (χ0) is 14.2. The fourth-order valence-electron chi connectivity index (χ4n) is 2.86. The third-order valence-corrected chi connectivity index (χ3v) is 4.38. The van der Waals surface area contributed by atoms with Gasteiger partial charge in [0.1, 0.15) is 5.75 Å². The van der Waals surface area contributed by atoms with Gasteiger partial charge in [-0.3, -0.25) is 9.69 Å². The monoisotopic (exact) mass is 273 g/mol. The van der Waals surface area contributed by atoms with Crippen LogP contribution in [0.25, 0.3) is 0 Å². The van der Waals surface area contributed by atoms with Gasteiger partial charge >= 0.3 is 0 Å². The topological polar surface area (TPSA) is 29.5 Å². The maximum Gasteiger partial charge on any atom is 0.182 e. The Morgan fingerprint density at radius 3 is 2.60 bits per heavy atom. The van der Waals surface area contributed by atoms with E-state index in [1.54, 1.807) is 0 Å². The van der Waals surface area contributed by atoms with Crippen LogP contribution in [0.1, 0.15) is 49.9 Å². The largest absolute Gasteiger partial charge is 0.490 e. The fourth-order valence-corrected chi connectivity index (χ4v) is 2.86. The Morgan fingerprint density at radius 1 is 1.25 bits per heavy atom. The Kier molecular flexibility index (Phi) is 3.55. The van der Waals surface area contributed by atoms with Gasteiger partial charge in [0.05, 0.1) is 11.6 Å². The van der Waals surface area contributed by atoms with Crippen molar-refractivity contribution in [2.75, 3.05) is 13.1 Å². The van der Waals surface area contributed by atoms with Crippen LogP contribution >= 0.6 is 0 Å². The van der Waals surface area contributed by atoms with Crippen molar-refractivity contribution in [1.82, 2.24) is 4.90 Å². The van der Waals surface area contributed by atoms with Gasteiger partial charge in [-0.2, -0.15) is 0 Å². The number of carbonyl (C=O) groups is 1. The lowest BCUT2D eigenvalue weighted by atomic mass is 9.91. The van der Waals surface area contributed by atoms with Gasteiger partial charge in [-0.1, -0.05) is 12.1 Å². The molecular formula is C17H23NO2. The molecule has 1 aromatic rings. The Balaban J connectivity index is 1.78. The first kappa shape index (κ1) is 13.6. The third-order valence-electron chi connectivity index (χ3n) is 4.38. The van der Waals surface area contributed by atoms with Gasteiger partial charge in [0, 0.05) is 5.56 Å². The second-order valence-corrected chi connectivity index (χ2v) is 6.43. The summed E-state index contributed by atoms with van der Waals surface area (Å²) >= 11 is 0. The molecule has 0 atom stereocenters. The maximum absolute atomic E-state index is 12.8. The maximum atomic E-state index is 12.8. The summed E-state index contributed by atoms with van der Waals surface area (Å²) in [5.74, 6) is 1.02. The van der Waals surface area contributed by atoms with Crippen molar-refractivity contribution < 1.29 is 9.53 Å². The number of hydrogen-bond donors (Lipinski definition) is 0. The van der Waals surface area contributed by atoms with E-state index in [2.05, 4.69) is 4.90 Å². The Bertz CT molecular complexity index is 499. The molecule has 108 valence electrons. The number of ether oxygens (including phenoxy) is 1. The summed E-state index contributed by atoms with van der Waals surface area (Å²) in [6.07, 6.45) is 5.03. The molecule has 1 heterocycles. The van der Waals surface area contributed by atoms with E-state index in [0.29, 0.717) is 6.10 Å². The van der Waals surface area contributed by atoms with Crippen molar-refractivity contribution in [3.8, 4) is 5.75 Å². The normalized spacial score (nSPS) is 20.1. The van der Waals surface area contributed by atoms with Crippen LogP contribution in [0, 0.1) is 0 Å². The van der Waals surface area contributed by atoms with Gasteiger partial charge < -0.3 is 4.74 Å². The van der Waals surface area contributed by atoms with Crippen LogP contribution in [0.2, 0.25) is 0 Å². The minimum Gasteiger partial charge on any atom is -0.490 e. The molecule has 20 heavy (non-hydrogen) atoms. The molecule has 3 heteroatoms. The third kappa shape index (κ3) is 2.73. The number of carbonyl (C=O) groups excluding carboxylic acids is 1. The summed E-state index contributed by atoms with van der Waals surface area (Å²) in [5, 5.41) is 0. The zero-order valence-electron chi connectivity index (χ0n) is 12.4. The summed E-state index contributed by atoms with van der Waals surface area (Å²) in [7, 11) is 0. The molecule has 0 spiro atoms. The highest BCUT2D eigenvalue weighted by atomic mass is 16.5. The van der Waals surface area contributed by atoms with Crippen LogP contribution in [0.4, 0.5) is 0 Å². The van der Waals surface area contributed by atoms with Gasteiger partial charge in [0.15, 0.2) is 5.78 Å². The lowest BCUT2D eigenvalue weighted by Gasteiger charge is -2.34. The Hall–Kier alpha value is -1.35. The average molecular weight is 273 g/mol. The van der Waals surface area contributed by atoms with Crippen LogP contribution in [0.3, 0.4) is 0 Å². The van der Waals surface area contributed by atoms with Crippen LogP contribution in [0.15, 0.2) is 24.3 Å². The predicted molar refractivity (Wildman–Crippen MR) is 79.3 cm³/mol. The van der Waals surface area contributed by atoms with Gasteiger partial charge in [-0.15, -0.1) is 0 Å². The molecule has 0 unspecified atom stereocenters. The molecule has 2 aliphatic rings. The van der Waals surface area contributed by atoms with E-state index in [1.807, 2.05) is 38.1 Å². The fraction of sp³-hybridized carbons (Fsp3) is 0.588. The predicted octanol–water partition coefficient (Wildman–Crippen LogP) is 3.28. The number of likely N-dealkylation sites (tertiary alicyclic amines) is 1. The standard InChI is InChI=1S/C17H23NO2/c1-17(2,18-10-3-4-11-18)16(19)13-6-5-7-15(12-13)20-14-8-9-14/h5-7,12,14H,3-4,8-11H2,1-2H3. The first-order valence-corrected chi connectivity index (χ1v) is 7.64. The van der Waals surface area contributed by atoms with Crippen molar-refractivity contribution in [2.24, 2.45) is 0 Å².